The highest BCUT2D eigenvalue weighted by molar-refractivity contribution is 7.13. The Balaban J connectivity index is 1.37. The van der Waals surface area contributed by atoms with E-state index in [2.05, 4.69) is 22.3 Å². The Kier molecular flexibility index (Phi) is 5.70. The van der Waals surface area contributed by atoms with Gasteiger partial charge in [-0.2, -0.15) is 4.68 Å². The van der Waals surface area contributed by atoms with Gasteiger partial charge < -0.3 is 9.73 Å². The molecule has 6 nitrogen and oxygen atoms in total. The second kappa shape index (κ2) is 8.73. The van der Waals surface area contributed by atoms with Crippen LogP contribution >= 0.6 is 22.7 Å². The van der Waals surface area contributed by atoms with Gasteiger partial charge in [0.05, 0.1) is 16.3 Å². The number of amides is 1. The van der Waals surface area contributed by atoms with Crippen molar-refractivity contribution in [3.8, 4) is 22.6 Å². The number of carbonyl (C=O) groups excluding carboxylic acids is 1. The summed E-state index contributed by atoms with van der Waals surface area (Å²) in [6.07, 6.45) is 0.0986. The van der Waals surface area contributed by atoms with Crippen molar-refractivity contribution in [2.45, 2.75) is 13.0 Å². The SMILES string of the molecule is O=C(CCn1nc(-c2cccs2)oc1=O)Nc1cccc(C#Cc2cccs2)c1. The number of aromatic nitrogens is 2. The van der Waals surface area contributed by atoms with Crippen molar-refractivity contribution in [1.82, 2.24) is 9.78 Å². The topological polar surface area (TPSA) is 77.1 Å². The highest BCUT2D eigenvalue weighted by Gasteiger charge is 2.12. The first-order valence-corrected chi connectivity index (χ1v) is 10.5. The van der Waals surface area contributed by atoms with E-state index in [-0.39, 0.29) is 24.8 Å². The van der Waals surface area contributed by atoms with Gasteiger partial charge in [0.1, 0.15) is 0 Å². The summed E-state index contributed by atoms with van der Waals surface area (Å²) in [6.45, 7) is 0.136. The molecule has 3 aromatic heterocycles. The molecule has 3 heterocycles. The zero-order valence-corrected chi connectivity index (χ0v) is 16.8. The maximum atomic E-state index is 12.3. The van der Waals surface area contributed by atoms with Crippen molar-refractivity contribution < 1.29 is 9.21 Å². The van der Waals surface area contributed by atoms with Crippen LogP contribution in [-0.4, -0.2) is 15.7 Å². The Morgan fingerprint density at radius 2 is 1.97 bits per heavy atom. The lowest BCUT2D eigenvalue weighted by Crippen LogP contribution is -2.20. The van der Waals surface area contributed by atoms with Crippen LogP contribution in [0.3, 0.4) is 0 Å². The van der Waals surface area contributed by atoms with Crippen LogP contribution in [-0.2, 0) is 11.3 Å². The second-order valence-electron chi connectivity index (χ2n) is 5.98. The number of aryl methyl sites for hydroxylation is 1. The Labute approximate surface area is 174 Å². The summed E-state index contributed by atoms with van der Waals surface area (Å²) in [4.78, 5) is 25.9. The molecule has 1 amide bonds. The Morgan fingerprint density at radius 3 is 2.76 bits per heavy atom. The number of anilines is 1. The largest absolute Gasteiger partial charge is 0.437 e. The fourth-order valence-corrected chi connectivity index (χ4v) is 3.75. The van der Waals surface area contributed by atoms with Gasteiger partial charge in [0.25, 0.3) is 5.89 Å². The summed E-state index contributed by atoms with van der Waals surface area (Å²) in [6, 6.07) is 14.9. The fraction of sp³-hybridized carbons (Fsp3) is 0.0952. The monoisotopic (exact) mass is 421 g/mol. The second-order valence-corrected chi connectivity index (χ2v) is 7.88. The van der Waals surface area contributed by atoms with Gasteiger partial charge in [-0.1, -0.05) is 30.0 Å². The number of nitrogens with one attached hydrogen (secondary N) is 1. The van der Waals surface area contributed by atoms with Gasteiger partial charge in [0.2, 0.25) is 5.91 Å². The van der Waals surface area contributed by atoms with Crippen molar-refractivity contribution in [2.24, 2.45) is 0 Å². The van der Waals surface area contributed by atoms with Crippen LogP contribution < -0.4 is 11.1 Å². The Bertz CT molecular complexity index is 1230. The molecule has 144 valence electrons. The predicted octanol–water partition coefficient (Wildman–Crippen LogP) is 4.05. The van der Waals surface area contributed by atoms with Gasteiger partial charge in [-0.25, -0.2) is 4.79 Å². The molecule has 29 heavy (non-hydrogen) atoms. The van der Waals surface area contributed by atoms with Crippen molar-refractivity contribution in [3.63, 3.8) is 0 Å². The van der Waals surface area contributed by atoms with Gasteiger partial charge in [-0.15, -0.1) is 27.8 Å². The lowest BCUT2D eigenvalue weighted by Gasteiger charge is -2.05. The first-order valence-electron chi connectivity index (χ1n) is 8.75. The van der Waals surface area contributed by atoms with Crippen molar-refractivity contribution in [1.29, 1.82) is 0 Å². The minimum absolute atomic E-state index is 0.0986. The normalized spacial score (nSPS) is 10.3. The molecule has 0 spiro atoms. The highest BCUT2D eigenvalue weighted by Crippen LogP contribution is 2.21. The smallest absolute Gasteiger partial charge is 0.387 e. The summed E-state index contributed by atoms with van der Waals surface area (Å²) >= 11 is 3.01. The lowest BCUT2D eigenvalue weighted by molar-refractivity contribution is -0.116. The third kappa shape index (κ3) is 4.90. The maximum absolute atomic E-state index is 12.3. The molecule has 1 N–H and O–H groups in total. The molecule has 0 radical (unpaired) electrons. The number of rotatable bonds is 5. The third-order valence-electron chi connectivity index (χ3n) is 3.89. The molecule has 0 bridgehead atoms. The molecule has 1 aromatic carbocycles. The van der Waals surface area contributed by atoms with Crippen LogP contribution in [0.5, 0.6) is 0 Å². The van der Waals surface area contributed by atoms with E-state index in [1.54, 1.807) is 17.4 Å². The number of hydrogen-bond acceptors (Lipinski definition) is 6. The van der Waals surface area contributed by atoms with Crippen LogP contribution in [0.25, 0.3) is 10.8 Å². The van der Waals surface area contributed by atoms with E-state index in [1.165, 1.54) is 11.3 Å². The van der Waals surface area contributed by atoms with Gasteiger partial charge in [-0.05, 0) is 41.1 Å². The van der Waals surface area contributed by atoms with Crippen LogP contribution in [0.4, 0.5) is 5.69 Å². The minimum Gasteiger partial charge on any atom is -0.387 e. The first kappa shape index (κ1) is 18.9. The van der Waals surface area contributed by atoms with Crippen LogP contribution in [0.2, 0.25) is 0 Å². The van der Waals surface area contributed by atoms with E-state index in [1.807, 2.05) is 53.2 Å². The molecular weight excluding hydrogens is 406 g/mol. The van der Waals surface area contributed by atoms with Crippen molar-refractivity contribution in [3.05, 3.63) is 80.3 Å². The van der Waals surface area contributed by atoms with E-state index in [9.17, 15) is 9.59 Å². The Hall–Kier alpha value is -3.41. The van der Waals surface area contributed by atoms with Crippen molar-refractivity contribution in [2.75, 3.05) is 5.32 Å². The molecule has 0 aliphatic heterocycles. The van der Waals surface area contributed by atoms with Gasteiger partial charge in [-0.3, -0.25) is 4.79 Å². The van der Waals surface area contributed by atoms with E-state index in [0.29, 0.717) is 5.69 Å². The Morgan fingerprint density at radius 1 is 1.10 bits per heavy atom. The molecule has 0 aliphatic rings. The number of hydrogen-bond donors (Lipinski definition) is 1. The average molecular weight is 422 g/mol. The van der Waals surface area contributed by atoms with Crippen LogP contribution in [0.15, 0.2) is 68.5 Å². The van der Waals surface area contributed by atoms with Crippen molar-refractivity contribution >= 4 is 34.3 Å². The van der Waals surface area contributed by atoms with Crippen LogP contribution in [0.1, 0.15) is 16.9 Å². The molecular formula is C21H15N3O3S2. The van der Waals surface area contributed by atoms with E-state index < -0.39 is 5.76 Å². The third-order valence-corrected chi connectivity index (χ3v) is 5.53. The number of nitrogens with zero attached hydrogens (tertiary/aromatic N) is 2. The van der Waals surface area contributed by atoms with Crippen LogP contribution in [0, 0.1) is 11.8 Å². The summed E-state index contributed by atoms with van der Waals surface area (Å²) in [5.74, 6) is 5.64. The molecule has 4 rings (SSSR count). The first-order chi connectivity index (χ1) is 14.2. The molecule has 0 saturated carbocycles. The van der Waals surface area contributed by atoms with Gasteiger partial charge >= 0.3 is 5.76 Å². The fourth-order valence-electron chi connectivity index (χ4n) is 2.54. The molecule has 0 saturated heterocycles. The quantitative estimate of drug-likeness (QED) is 0.493. The zero-order chi connectivity index (χ0) is 20.1. The van der Waals surface area contributed by atoms with Gasteiger partial charge in [0, 0.05) is 17.7 Å². The standard InChI is InChI=1S/C21H15N3O3S2/c25-19(10-11-24-21(26)27-20(23-24)18-7-3-13-29-18)22-16-5-1-4-15(14-16)8-9-17-6-2-12-28-17/h1-7,12-14H,10-11H2,(H,22,25). The average Bonchev–Trinajstić information content (AvgIpc) is 3.47. The summed E-state index contributed by atoms with van der Waals surface area (Å²) in [7, 11) is 0. The molecule has 0 aliphatic carbocycles. The zero-order valence-electron chi connectivity index (χ0n) is 15.1. The minimum atomic E-state index is -0.577. The predicted molar refractivity (Wildman–Crippen MR) is 114 cm³/mol. The van der Waals surface area contributed by atoms with Gasteiger partial charge in [0.15, 0.2) is 0 Å². The van der Waals surface area contributed by atoms with E-state index in [0.717, 1.165) is 20.0 Å². The summed E-state index contributed by atoms with van der Waals surface area (Å²) in [5.41, 5.74) is 1.46. The summed E-state index contributed by atoms with van der Waals surface area (Å²) in [5, 5.41) is 10.8. The maximum Gasteiger partial charge on any atom is 0.437 e. The molecule has 8 heteroatoms. The van der Waals surface area contributed by atoms with E-state index >= 15 is 0 Å². The highest BCUT2D eigenvalue weighted by atomic mass is 32.1. The molecule has 0 atom stereocenters. The van der Waals surface area contributed by atoms with E-state index in [4.69, 9.17) is 4.42 Å². The molecule has 0 fully saturated rings. The molecule has 0 unspecified atom stereocenters. The summed E-state index contributed by atoms with van der Waals surface area (Å²) < 4.78 is 6.31. The number of benzene rings is 1. The number of thiophene rings is 2. The lowest BCUT2D eigenvalue weighted by atomic mass is 10.2. The molecule has 4 aromatic rings. The number of carbonyl (C=O) groups is 1.